The van der Waals surface area contributed by atoms with Crippen LogP contribution in [-0.4, -0.2) is 86.4 Å². The number of anilines is 2. The van der Waals surface area contributed by atoms with Gasteiger partial charge < -0.3 is 25.4 Å². The van der Waals surface area contributed by atoms with Crippen LogP contribution in [0.3, 0.4) is 0 Å². The zero-order valence-corrected chi connectivity index (χ0v) is 22.0. The number of nitriles is 1. The van der Waals surface area contributed by atoms with Gasteiger partial charge in [-0.1, -0.05) is 18.2 Å². The molecule has 2 aromatic carbocycles. The van der Waals surface area contributed by atoms with Gasteiger partial charge in [0.05, 0.1) is 23.3 Å². The first-order valence-corrected chi connectivity index (χ1v) is 13.2. The number of hydrogen-bond donors (Lipinski definition) is 2. The molecule has 0 aliphatic carbocycles. The number of fused-ring (bicyclic) bond motifs is 1. The van der Waals surface area contributed by atoms with E-state index in [0.717, 1.165) is 55.0 Å². The van der Waals surface area contributed by atoms with E-state index in [2.05, 4.69) is 51.7 Å². The zero-order chi connectivity index (χ0) is 26.7. The Morgan fingerprint density at radius 1 is 1.08 bits per heavy atom. The predicted octanol–water partition coefficient (Wildman–Crippen LogP) is 1.23. The molecule has 0 saturated carbocycles. The molecule has 3 saturated heterocycles. The van der Waals surface area contributed by atoms with Gasteiger partial charge in [-0.3, -0.25) is 9.88 Å². The average molecular weight is 508 g/mol. The Hall–Kier alpha value is -3.16. The second-order valence-corrected chi connectivity index (χ2v) is 11.6. The fraction of sp³-hybridized carbons (Fsp3) is 0.448. The van der Waals surface area contributed by atoms with Crippen LogP contribution in [0.5, 0.6) is 0 Å². The van der Waals surface area contributed by atoms with Gasteiger partial charge in [-0.25, -0.2) is 0 Å². The molecule has 2 atom stereocenters. The maximum atomic E-state index is 11.3. The van der Waals surface area contributed by atoms with Crippen LogP contribution >= 0.6 is 0 Å². The maximum absolute atomic E-state index is 11.3. The van der Waals surface area contributed by atoms with E-state index >= 15 is 0 Å². The summed E-state index contributed by atoms with van der Waals surface area (Å²) < 4.78 is 6.30. The number of likely N-dealkylation sites (tertiary alicyclic amines) is 1. The molecule has 9 heteroatoms. The summed E-state index contributed by atoms with van der Waals surface area (Å²) >= 11 is 0. The Bertz CT molecular complexity index is 1390. The van der Waals surface area contributed by atoms with Crippen molar-refractivity contribution in [1.82, 2.24) is 9.88 Å². The highest BCUT2D eigenvalue weighted by Gasteiger charge is 2.44. The predicted molar refractivity (Wildman–Crippen MR) is 150 cm³/mol. The lowest BCUT2D eigenvalue weighted by Crippen LogP contribution is -2.65. The quantitative estimate of drug-likeness (QED) is 0.497. The Morgan fingerprint density at radius 2 is 1.82 bits per heavy atom. The van der Waals surface area contributed by atoms with E-state index in [-0.39, 0.29) is 17.7 Å². The van der Waals surface area contributed by atoms with Crippen molar-refractivity contribution < 1.29 is 9.84 Å². The molecule has 4 heterocycles. The number of pyridine rings is 1. The topological polar surface area (TPSA) is 102 Å². The van der Waals surface area contributed by atoms with Crippen molar-refractivity contribution in [3.63, 3.8) is 0 Å². The standard InChI is InChI=1S/C29H33BN6O2/c1-19-12-35(25-9-3-20(11-31)27-24(25)8-10-26(30)33-27)14-23(38-19)13-34-17-29(37,18-34)21-4-6-22(7-5-21)36-15-28(2,32)16-36/h3-10,19,23,37H,12-18,32H2,1-2H3/t19-,23+/m1/s1. The van der Waals surface area contributed by atoms with Gasteiger partial charge in [0.15, 0.2) is 0 Å². The van der Waals surface area contributed by atoms with Crippen molar-refractivity contribution in [2.45, 2.75) is 37.2 Å². The number of hydrogen-bond acceptors (Lipinski definition) is 8. The molecular weight excluding hydrogens is 475 g/mol. The molecule has 3 fully saturated rings. The molecule has 0 amide bonds. The molecule has 1 aromatic heterocycles. The third kappa shape index (κ3) is 4.63. The molecule has 2 radical (unpaired) electrons. The van der Waals surface area contributed by atoms with Crippen LogP contribution < -0.4 is 21.1 Å². The van der Waals surface area contributed by atoms with Gasteiger partial charge in [-0.2, -0.15) is 5.26 Å². The van der Waals surface area contributed by atoms with Gasteiger partial charge in [-0.05, 0) is 55.3 Å². The molecule has 3 aliphatic heterocycles. The van der Waals surface area contributed by atoms with Crippen LogP contribution in [0, 0.1) is 11.3 Å². The molecule has 194 valence electrons. The first-order valence-electron chi connectivity index (χ1n) is 13.2. The summed E-state index contributed by atoms with van der Waals surface area (Å²) in [5.41, 5.74) is 9.86. The van der Waals surface area contributed by atoms with Crippen molar-refractivity contribution in [2.75, 3.05) is 55.6 Å². The number of nitrogens with zero attached hydrogens (tertiary/aromatic N) is 5. The highest BCUT2D eigenvalue weighted by Crippen LogP contribution is 2.35. The van der Waals surface area contributed by atoms with Crippen molar-refractivity contribution in [3.8, 4) is 6.07 Å². The molecule has 6 rings (SSSR count). The largest absolute Gasteiger partial charge is 0.382 e. The molecule has 0 spiro atoms. The van der Waals surface area contributed by atoms with E-state index in [1.165, 1.54) is 0 Å². The Kier molecular flexibility index (Phi) is 6.12. The van der Waals surface area contributed by atoms with Crippen molar-refractivity contribution in [3.05, 3.63) is 59.7 Å². The van der Waals surface area contributed by atoms with E-state index in [4.69, 9.17) is 18.3 Å². The lowest BCUT2D eigenvalue weighted by Gasteiger charge is -2.50. The fourth-order valence-corrected chi connectivity index (χ4v) is 6.21. The summed E-state index contributed by atoms with van der Waals surface area (Å²) in [6, 6.07) is 18.0. The summed E-state index contributed by atoms with van der Waals surface area (Å²) in [6.07, 6.45) is 0.0425. The molecule has 8 nitrogen and oxygen atoms in total. The van der Waals surface area contributed by atoms with E-state index in [1.54, 1.807) is 6.07 Å². The number of aliphatic hydroxyl groups is 1. The maximum Gasteiger partial charge on any atom is 0.141 e. The zero-order valence-electron chi connectivity index (χ0n) is 22.0. The van der Waals surface area contributed by atoms with Crippen molar-refractivity contribution >= 4 is 35.7 Å². The Morgan fingerprint density at radius 3 is 2.50 bits per heavy atom. The second-order valence-electron chi connectivity index (χ2n) is 11.6. The average Bonchev–Trinajstić information content (AvgIpc) is 2.85. The Balaban J connectivity index is 1.11. The van der Waals surface area contributed by atoms with Crippen LogP contribution in [-0.2, 0) is 10.3 Å². The Labute approximate surface area is 225 Å². The molecule has 0 bridgehead atoms. The summed E-state index contributed by atoms with van der Waals surface area (Å²) in [6.45, 7) is 9.22. The van der Waals surface area contributed by atoms with Gasteiger partial charge in [0, 0.05) is 68.1 Å². The van der Waals surface area contributed by atoms with Gasteiger partial charge in [-0.15, -0.1) is 0 Å². The minimum absolute atomic E-state index is 0.00454. The van der Waals surface area contributed by atoms with E-state index in [9.17, 15) is 10.4 Å². The van der Waals surface area contributed by atoms with E-state index in [1.807, 2.05) is 30.3 Å². The minimum Gasteiger partial charge on any atom is -0.382 e. The summed E-state index contributed by atoms with van der Waals surface area (Å²) in [5.74, 6) is 0. The molecule has 38 heavy (non-hydrogen) atoms. The van der Waals surface area contributed by atoms with E-state index < -0.39 is 5.60 Å². The van der Waals surface area contributed by atoms with Crippen LogP contribution in [0.25, 0.3) is 10.9 Å². The molecule has 3 aliphatic rings. The highest BCUT2D eigenvalue weighted by molar-refractivity contribution is 6.31. The number of β-amino-alcohol motifs (C(OH)–C–C–N with tert-alkyl or cyclic N) is 1. The third-order valence-corrected chi connectivity index (χ3v) is 7.95. The summed E-state index contributed by atoms with van der Waals surface area (Å²) in [5, 5.41) is 21.7. The minimum atomic E-state index is -0.843. The normalized spacial score (nSPS) is 24.5. The van der Waals surface area contributed by atoms with Crippen molar-refractivity contribution in [1.29, 1.82) is 5.26 Å². The molecule has 3 aromatic rings. The lowest BCUT2D eigenvalue weighted by molar-refractivity contribution is -0.127. The summed E-state index contributed by atoms with van der Waals surface area (Å²) in [7, 11) is 5.91. The molecular formula is C29H33BN6O2. The monoisotopic (exact) mass is 508 g/mol. The third-order valence-electron chi connectivity index (χ3n) is 7.95. The van der Waals surface area contributed by atoms with Crippen LogP contribution in [0.4, 0.5) is 11.4 Å². The van der Waals surface area contributed by atoms with Gasteiger partial charge in [0.25, 0.3) is 0 Å². The second kappa shape index (κ2) is 9.24. The summed E-state index contributed by atoms with van der Waals surface area (Å²) in [4.78, 5) is 11.3. The highest BCUT2D eigenvalue weighted by atomic mass is 16.5. The molecule has 0 unspecified atom stereocenters. The molecule has 3 N–H and O–H groups in total. The lowest BCUT2D eigenvalue weighted by atomic mass is 9.85. The first kappa shape index (κ1) is 25.1. The van der Waals surface area contributed by atoms with Crippen LogP contribution in [0.1, 0.15) is 25.0 Å². The number of nitrogens with two attached hydrogens (primary N) is 1. The number of morpholine rings is 1. The fourth-order valence-electron chi connectivity index (χ4n) is 6.21. The SMILES string of the molecule is [B]c1ccc2c(N3C[C@H](CN4CC(O)(c5ccc(N6CC(C)(N)C6)cc5)C4)O[C@H](C)C3)ccc(C#N)c2n1. The van der Waals surface area contributed by atoms with Gasteiger partial charge >= 0.3 is 0 Å². The smallest absolute Gasteiger partial charge is 0.141 e. The number of ether oxygens (including phenoxy) is 1. The van der Waals surface area contributed by atoms with Gasteiger partial charge in [0.2, 0.25) is 0 Å². The number of benzene rings is 2. The van der Waals surface area contributed by atoms with Crippen molar-refractivity contribution in [2.24, 2.45) is 5.73 Å². The van der Waals surface area contributed by atoms with Crippen LogP contribution in [0.15, 0.2) is 48.5 Å². The number of aromatic nitrogens is 1. The van der Waals surface area contributed by atoms with Crippen LogP contribution in [0.2, 0.25) is 0 Å². The van der Waals surface area contributed by atoms with E-state index in [0.29, 0.717) is 29.8 Å². The first-order chi connectivity index (χ1) is 18.1. The number of rotatable bonds is 5. The van der Waals surface area contributed by atoms with Gasteiger partial charge in [0.1, 0.15) is 19.5 Å².